The van der Waals surface area contributed by atoms with Crippen molar-refractivity contribution in [3.63, 3.8) is 0 Å². The smallest absolute Gasteiger partial charge is 0.306 e. The maximum Gasteiger partial charge on any atom is 0.306 e. The Morgan fingerprint density at radius 1 is 0.328 bits per heavy atom. The highest BCUT2D eigenvalue weighted by molar-refractivity contribution is 5.71. The summed E-state index contributed by atoms with van der Waals surface area (Å²) in [4.78, 5) is 38.1. The van der Waals surface area contributed by atoms with E-state index in [0.29, 0.717) is 19.3 Å². The van der Waals surface area contributed by atoms with Gasteiger partial charge in [-0.2, -0.15) is 0 Å². The van der Waals surface area contributed by atoms with E-state index in [0.717, 1.165) is 77.0 Å². The zero-order chi connectivity index (χ0) is 46.5. The van der Waals surface area contributed by atoms with Gasteiger partial charge in [0.1, 0.15) is 13.2 Å². The van der Waals surface area contributed by atoms with Crippen LogP contribution in [0.25, 0.3) is 0 Å². The van der Waals surface area contributed by atoms with Gasteiger partial charge in [0.15, 0.2) is 6.10 Å². The molecule has 6 heteroatoms. The van der Waals surface area contributed by atoms with Crippen LogP contribution in [0.15, 0.2) is 36.5 Å². The van der Waals surface area contributed by atoms with Gasteiger partial charge in [-0.25, -0.2) is 0 Å². The van der Waals surface area contributed by atoms with Crippen molar-refractivity contribution in [2.45, 2.75) is 303 Å². The van der Waals surface area contributed by atoms with E-state index in [2.05, 4.69) is 57.2 Å². The molecule has 0 saturated heterocycles. The van der Waals surface area contributed by atoms with Crippen molar-refractivity contribution in [2.75, 3.05) is 13.2 Å². The van der Waals surface area contributed by atoms with Gasteiger partial charge >= 0.3 is 17.9 Å². The number of rotatable bonds is 51. The second-order valence-electron chi connectivity index (χ2n) is 18.8. The van der Waals surface area contributed by atoms with Gasteiger partial charge in [-0.15, -0.1) is 0 Å². The molecule has 0 bridgehead atoms. The Morgan fingerprint density at radius 2 is 0.609 bits per heavy atom. The molecule has 64 heavy (non-hydrogen) atoms. The molecule has 0 N–H and O–H groups in total. The molecule has 0 aliphatic carbocycles. The summed E-state index contributed by atoms with van der Waals surface area (Å²) < 4.78 is 16.9. The quantitative estimate of drug-likeness (QED) is 0.0262. The predicted molar refractivity (Wildman–Crippen MR) is 275 cm³/mol. The van der Waals surface area contributed by atoms with E-state index >= 15 is 0 Å². The third kappa shape index (κ3) is 50.6. The molecule has 0 amide bonds. The summed E-state index contributed by atoms with van der Waals surface area (Å²) in [5.41, 5.74) is 0. The van der Waals surface area contributed by atoms with E-state index in [1.165, 1.54) is 180 Å². The predicted octanol–water partition coefficient (Wildman–Crippen LogP) is 18.5. The molecule has 0 saturated carbocycles. The number of hydrogen-bond donors (Lipinski definition) is 0. The monoisotopic (exact) mass is 899 g/mol. The average molecular weight is 899 g/mol. The fraction of sp³-hybridized carbons (Fsp3) is 0.845. The van der Waals surface area contributed by atoms with Crippen LogP contribution in [-0.2, 0) is 28.6 Å². The molecular weight excluding hydrogens is 793 g/mol. The van der Waals surface area contributed by atoms with Crippen molar-refractivity contribution in [1.29, 1.82) is 0 Å². The minimum absolute atomic E-state index is 0.0736. The van der Waals surface area contributed by atoms with E-state index < -0.39 is 6.10 Å². The fourth-order valence-electron chi connectivity index (χ4n) is 8.18. The number of ether oxygens (including phenoxy) is 3. The van der Waals surface area contributed by atoms with Crippen LogP contribution in [0.2, 0.25) is 0 Å². The van der Waals surface area contributed by atoms with Crippen molar-refractivity contribution in [3.05, 3.63) is 36.5 Å². The Kier molecular flexibility index (Phi) is 51.3. The van der Waals surface area contributed by atoms with Gasteiger partial charge in [0.05, 0.1) is 0 Å². The van der Waals surface area contributed by atoms with E-state index in [4.69, 9.17) is 14.2 Å². The normalized spacial score (nSPS) is 12.2. The van der Waals surface area contributed by atoms with Gasteiger partial charge in [0.25, 0.3) is 0 Å². The maximum atomic E-state index is 12.8. The Morgan fingerprint density at radius 3 is 0.953 bits per heavy atom. The van der Waals surface area contributed by atoms with E-state index in [-0.39, 0.29) is 31.1 Å². The summed E-state index contributed by atoms with van der Waals surface area (Å²) in [5.74, 6) is -0.870. The molecule has 0 rings (SSSR count). The Hall–Kier alpha value is -2.37. The van der Waals surface area contributed by atoms with Gasteiger partial charge < -0.3 is 14.2 Å². The lowest BCUT2D eigenvalue weighted by molar-refractivity contribution is -0.167. The SMILES string of the molecule is CC/C=C\C/C=C\CCCCCCCCCC(=O)OCC(COC(=O)CCCCCCCCC/C=C\CCCCCCCC)OC(=O)CCCCCCCCCCCCCCCCC. The number of hydrogen-bond acceptors (Lipinski definition) is 6. The van der Waals surface area contributed by atoms with Crippen molar-refractivity contribution < 1.29 is 28.6 Å². The first kappa shape index (κ1) is 61.6. The zero-order valence-corrected chi connectivity index (χ0v) is 42.8. The van der Waals surface area contributed by atoms with Crippen LogP contribution in [0.3, 0.4) is 0 Å². The summed E-state index contributed by atoms with van der Waals surface area (Å²) in [6.45, 7) is 6.56. The molecule has 0 aromatic carbocycles. The molecule has 1 unspecified atom stereocenters. The Labute approximate surface area is 397 Å². The Bertz CT molecular complexity index is 1080. The summed E-state index contributed by atoms with van der Waals surface area (Å²) in [6, 6.07) is 0. The van der Waals surface area contributed by atoms with Crippen LogP contribution in [0, 0.1) is 0 Å². The molecule has 1 atom stereocenters. The third-order valence-electron chi connectivity index (χ3n) is 12.4. The van der Waals surface area contributed by atoms with Crippen LogP contribution >= 0.6 is 0 Å². The fourth-order valence-corrected chi connectivity index (χ4v) is 8.18. The summed E-state index contributed by atoms with van der Waals surface area (Å²) >= 11 is 0. The van der Waals surface area contributed by atoms with E-state index in [9.17, 15) is 14.4 Å². The molecule has 0 aromatic heterocycles. The van der Waals surface area contributed by atoms with Gasteiger partial charge in [0, 0.05) is 19.3 Å². The number of unbranched alkanes of at least 4 members (excludes halogenated alkanes) is 34. The number of carbonyl (C=O) groups excluding carboxylic acids is 3. The summed E-state index contributed by atoms with van der Waals surface area (Å²) in [6.07, 6.45) is 62.7. The molecule has 0 aliphatic heterocycles. The van der Waals surface area contributed by atoms with Crippen LogP contribution in [0.4, 0.5) is 0 Å². The lowest BCUT2D eigenvalue weighted by atomic mass is 10.0. The van der Waals surface area contributed by atoms with Gasteiger partial charge in [-0.05, 0) is 70.6 Å². The maximum absolute atomic E-state index is 12.8. The summed E-state index contributed by atoms with van der Waals surface area (Å²) in [7, 11) is 0. The van der Waals surface area contributed by atoms with Gasteiger partial charge in [0.2, 0.25) is 0 Å². The van der Waals surface area contributed by atoms with Crippen LogP contribution in [0.5, 0.6) is 0 Å². The minimum Gasteiger partial charge on any atom is -0.462 e. The third-order valence-corrected chi connectivity index (χ3v) is 12.4. The summed E-state index contributed by atoms with van der Waals surface area (Å²) in [5, 5.41) is 0. The van der Waals surface area contributed by atoms with Crippen LogP contribution < -0.4 is 0 Å². The first-order valence-corrected chi connectivity index (χ1v) is 28.0. The van der Waals surface area contributed by atoms with Crippen LogP contribution in [-0.4, -0.2) is 37.2 Å². The number of allylic oxidation sites excluding steroid dienone is 6. The highest BCUT2D eigenvalue weighted by atomic mass is 16.6. The van der Waals surface area contributed by atoms with Crippen molar-refractivity contribution >= 4 is 17.9 Å². The molecule has 0 radical (unpaired) electrons. The Balaban J connectivity index is 4.35. The number of carbonyl (C=O) groups is 3. The van der Waals surface area contributed by atoms with Crippen molar-refractivity contribution in [2.24, 2.45) is 0 Å². The van der Waals surface area contributed by atoms with Gasteiger partial charge in [-0.3, -0.25) is 14.4 Å². The first-order chi connectivity index (χ1) is 31.5. The number of esters is 3. The highest BCUT2D eigenvalue weighted by Gasteiger charge is 2.19. The molecule has 0 fully saturated rings. The highest BCUT2D eigenvalue weighted by Crippen LogP contribution is 2.16. The largest absolute Gasteiger partial charge is 0.462 e. The molecule has 0 heterocycles. The standard InChI is InChI=1S/C58H106O6/c1-4-7-10-13-16-19-22-25-28-29-31-33-36-39-42-45-48-51-57(60)63-54-55(53-62-56(59)50-47-44-41-38-35-32-27-24-21-18-15-12-9-6-3)64-58(61)52-49-46-43-40-37-34-30-26-23-20-17-14-11-8-5-2/h9,12,18,21,25,28,55H,4-8,10-11,13-17,19-20,22-24,26-27,29-54H2,1-3H3/b12-9-,21-18-,28-25-. The van der Waals surface area contributed by atoms with Gasteiger partial charge in [-0.1, -0.05) is 243 Å². The molecule has 0 spiro atoms. The van der Waals surface area contributed by atoms with E-state index in [1.54, 1.807) is 0 Å². The van der Waals surface area contributed by atoms with Crippen molar-refractivity contribution in [3.8, 4) is 0 Å². The minimum atomic E-state index is -0.773. The molecule has 374 valence electrons. The lowest BCUT2D eigenvalue weighted by Crippen LogP contribution is -2.30. The van der Waals surface area contributed by atoms with Crippen molar-refractivity contribution in [1.82, 2.24) is 0 Å². The first-order valence-electron chi connectivity index (χ1n) is 28.0. The molecular formula is C58H106O6. The molecule has 0 aromatic rings. The van der Waals surface area contributed by atoms with E-state index in [1.807, 2.05) is 0 Å². The lowest BCUT2D eigenvalue weighted by Gasteiger charge is -2.18. The molecule has 0 aliphatic rings. The second-order valence-corrected chi connectivity index (χ2v) is 18.8. The molecule has 6 nitrogen and oxygen atoms in total. The van der Waals surface area contributed by atoms with Crippen LogP contribution in [0.1, 0.15) is 297 Å². The second kappa shape index (κ2) is 53.2. The average Bonchev–Trinajstić information content (AvgIpc) is 3.29. The zero-order valence-electron chi connectivity index (χ0n) is 42.8. The topological polar surface area (TPSA) is 78.9 Å².